The summed E-state index contributed by atoms with van der Waals surface area (Å²) in [4.78, 5) is 23.9. The fraction of sp³-hybridized carbons (Fsp3) is 0.529. The van der Waals surface area contributed by atoms with Crippen LogP contribution < -0.4 is 11.1 Å². The lowest BCUT2D eigenvalue weighted by atomic mass is 10.1. The molecule has 0 aliphatic heterocycles. The fourth-order valence-corrected chi connectivity index (χ4v) is 2.65. The minimum atomic E-state index is -1.34. The van der Waals surface area contributed by atoms with E-state index in [9.17, 15) is 14.7 Å². The van der Waals surface area contributed by atoms with E-state index in [2.05, 4.69) is 5.32 Å². The van der Waals surface area contributed by atoms with E-state index in [1.807, 2.05) is 37.3 Å². The Morgan fingerprint density at radius 2 is 2.00 bits per heavy atom. The third-order valence-electron chi connectivity index (χ3n) is 3.41. The zero-order chi connectivity index (χ0) is 17.9. The molecule has 7 heteroatoms. The van der Waals surface area contributed by atoms with E-state index in [0.717, 1.165) is 17.1 Å². The second-order valence-electron chi connectivity index (χ2n) is 5.42. The van der Waals surface area contributed by atoms with Gasteiger partial charge in [-0.1, -0.05) is 37.3 Å². The highest BCUT2D eigenvalue weighted by Crippen LogP contribution is 2.06. The summed E-state index contributed by atoms with van der Waals surface area (Å²) in [5, 5.41) is 12.4. The molecule has 0 aliphatic rings. The van der Waals surface area contributed by atoms with Gasteiger partial charge in [0.05, 0.1) is 0 Å². The van der Waals surface area contributed by atoms with Gasteiger partial charge in [0.25, 0.3) is 5.91 Å². The van der Waals surface area contributed by atoms with Crippen molar-refractivity contribution in [1.29, 1.82) is 0 Å². The largest absolute Gasteiger partial charge is 0.459 e. The van der Waals surface area contributed by atoms with Crippen LogP contribution in [0.1, 0.15) is 25.8 Å². The van der Waals surface area contributed by atoms with Gasteiger partial charge in [-0.3, -0.25) is 4.79 Å². The SMILES string of the molecule is CCSCC[C@@H](N)[C@@H](O)C(=O)N[C@H](C)C(=O)OCc1ccccc1. The Hall–Kier alpha value is -1.57. The van der Waals surface area contributed by atoms with Crippen molar-refractivity contribution in [1.82, 2.24) is 5.32 Å². The quantitative estimate of drug-likeness (QED) is 0.429. The lowest BCUT2D eigenvalue weighted by molar-refractivity contribution is -0.149. The van der Waals surface area contributed by atoms with E-state index in [1.54, 1.807) is 11.8 Å². The summed E-state index contributed by atoms with van der Waals surface area (Å²) in [5.41, 5.74) is 6.67. The smallest absolute Gasteiger partial charge is 0.328 e. The zero-order valence-electron chi connectivity index (χ0n) is 14.1. The summed E-state index contributed by atoms with van der Waals surface area (Å²) in [7, 11) is 0. The molecule has 3 atom stereocenters. The van der Waals surface area contributed by atoms with E-state index >= 15 is 0 Å². The van der Waals surface area contributed by atoms with Crippen LogP contribution in [-0.2, 0) is 20.9 Å². The Morgan fingerprint density at radius 3 is 2.62 bits per heavy atom. The normalized spacial score (nSPS) is 14.5. The van der Waals surface area contributed by atoms with Gasteiger partial charge < -0.3 is 20.9 Å². The van der Waals surface area contributed by atoms with Gasteiger partial charge >= 0.3 is 5.97 Å². The van der Waals surface area contributed by atoms with Crippen LogP contribution in [0.3, 0.4) is 0 Å². The monoisotopic (exact) mass is 354 g/mol. The Balaban J connectivity index is 2.37. The molecule has 0 heterocycles. The summed E-state index contributed by atoms with van der Waals surface area (Å²) >= 11 is 1.69. The van der Waals surface area contributed by atoms with Gasteiger partial charge in [0.2, 0.25) is 0 Å². The molecule has 0 radical (unpaired) electrons. The van der Waals surface area contributed by atoms with Gasteiger partial charge in [-0.05, 0) is 30.4 Å². The standard InChI is InChI=1S/C17H26N2O4S/c1-3-24-10-9-14(18)15(20)16(21)19-12(2)17(22)23-11-13-7-5-4-6-8-13/h4-8,12,14-15,20H,3,9-11,18H2,1-2H3,(H,19,21)/t12-,14-,15-/m1/s1. The number of nitrogens with two attached hydrogens (primary N) is 1. The molecule has 24 heavy (non-hydrogen) atoms. The second-order valence-corrected chi connectivity index (χ2v) is 6.81. The number of carbonyl (C=O) groups is 2. The van der Waals surface area contributed by atoms with E-state index < -0.39 is 30.1 Å². The van der Waals surface area contributed by atoms with E-state index in [4.69, 9.17) is 10.5 Å². The van der Waals surface area contributed by atoms with E-state index in [-0.39, 0.29) is 6.61 Å². The maximum Gasteiger partial charge on any atom is 0.328 e. The van der Waals surface area contributed by atoms with Crippen molar-refractivity contribution in [3.63, 3.8) is 0 Å². The van der Waals surface area contributed by atoms with Gasteiger partial charge in [0.15, 0.2) is 0 Å². The Bertz CT molecular complexity index is 513. The van der Waals surface area contributed by atoms with Crippen molar-refractivity contribution in [2.24, 2.45) is 5.73 Å². The first-order valence-electron chi connectivity index (χ1n) is 7.98. The molecule has 0 aliphatic carbocycles. The van der Waals surface area contributed by atoms with Crippen molar-refractivity contribution < 1.29 is 19.4 Å². The van der Waals surface area contributed by atoms with Crippen molar-refractivity contribution >= 4 is 23.6 Å². The molecule has 1 amide bonds. The molecule has 0 saturated carbocycles. The molecule has 134 valence electrons. The van der Waals surface area contributed by atoms with Crippen LogP contribution in [0.5, 0.6) is 0 Å². The highest BCUT2D eigenvalue weighted by atomic mass is 32.2. The summed E-state index contributed by atoms with van der Waals surface area (Å²) < 4.78 is 5.14. The highest BCUT2D eigenvalue weighted by molar-refractivity contribution is 7.99. The van der Waals surface area contributed by atoms with Gasteiger partial charge in [-0.2, -0.15) is 11.8 Å². The average Bonchev–Trinajstić information content (AvgIpc) is 2.59. The van der Waals surface area contributed by atoms with Crippen molar-refractivity contribution in [2.75, 3.05) is 11.5 Å². The molecule has 0 saturated heterocycles. The van der Waals surface area contributed by atoms with E-state index in [0.29, 0.717) is 6.42 Å². The molecule has 1 aromatic carbocycles. The molecule has 1 aromatic rings. The number of amides is 1. The predicted molar refractivity (Wildman–Crippen MR) is 95.4 cm³/mol. The lowest BCUT2D eigenvalue weighted by Gasteiger charge is -2.20. The summed E-state index contributed by atoms with van der Waals surface area (Å²) in [6.45, 7) is 3.68. The summed E-state index contributed by atoms with van der Waals surface area (Å²) in [6.07, 6.45) is -0.813. The topological polar surface area (TPSA) is 102 Å². The average molecular weight is 354 g/mol. The molecule has 0 unspecified atom stereocenters. The Kier molecular flexibility index (Phi) is 9.44. The Morgan fingerprint density at radius 1 is 1.33 bits per heavy atom. The number of nitrogens with one attached hydrogen (secondary N) is 1. The highest BCUT2D eigenvalue weighted by Gasteiger charge is 2.26. The number of hydrogen-bond acceptors (Lipinski definition) is 6. The Labute approximate surface area is 147 Å². The molecule has 6 nitrogen and oxygen atoms in total. The van der Waals surface area contributed by atoms with Crippen LogP contribution >= 0.6 is 11.8 Å². The number of rotatable bonds is 10. The minimum Gasteiger partial charge on any atom is -0.459 e. The molecular weight excluding hydrogens is 328 g/mol. The number of hydrogen-bond donors (Lipinski definition) is 3. The zero-order valence-corrected chi connectivity index (χ0v) is 14.9. The molecule has 0 bridgehead atoms. The van der Waals surface area contributed by atoms with Crippen LogP contribution in [0.25, 0.3) is 0 Å². The predicted octanol–water partition coefficient (Wildman–Crippen LogP) is 1.07. The number of ether oxygens (including phenoxy) is 1. The number of aliphatic hydroxyl groups excluding tert-OH is 1. The van der Waals surface area contributed by atoms with Crippen LogP contribution in [0.4, 0.5) is 0 Å². The first-order valence-corrected chi connectivity index (χ1v) is 9.13. The third-order valence-corrected chi connectivity index (χ3v) is 4.34. The first-order chi connectivity index (χ1) is 11.5. The van der Waals surface area contributed by atoms with Crippen molar-refractivity contribution in [2.45, 2.75) is 45.1 Å². The van der Waals surface area contributed by atoms with Crippen LogP contribution in [0.15, 0.2) is 30.3 Å². The molecule has 0 aromatic heterocycles. The van der Waals surface area contributed by atoms with E-state index in [1.165, 1.54) is 6.92 Å². The maximum atomic E-state index is 12.0. The van der Waals surface area contributed by atoms with Gasteiger partial charge in [-0.25, -0.2) is 4.79 Å². The molecule has 0 spiro atoms. The number of benzene rings is 1. The molecule has 4 N–H and O–H groups in total. The minimum absolute atomic E-state index is 0.135. The first kappa shape index (κ1) is 20.5. The van der Waals surface area contributed by atoms with Gasteiger partial charge in [-0.15, -0.1) is 0 Å². The van der Waals surface area contributed by atoms with Crippen LogP contribution in [0.2, 0.25) is 0 Å². The third kappa shape index (κ3) is 7.33. The summed E-state index contributed by atoms with van der Waals surface area (Å²) in [5.74, 6) is 0.512. The maximum absolute atomic E-state index is 12.0. The number of carbonyl (C=O) groups excluding carboxylic acids is 2. The van der Waals surface area contributed by atoms with Crippen molar-refractivity contribution in [3.8, 4) is 0 Å². The number of thioether (sulfide) groups is 1. The number of aliphatic hydroxyl groups is 1. The van der Waals surface area contributed by atoms with Gasteiger partial charge in [0.1, 0.15) is 18.8 Å². The fourth-order valence-electron chi connectivity index (χ4n) is 1.93. The lowest BCUT2D eigenvalue weighted by Crippen LogP contribution is -2.50. The summed E-state index contributed by atoms with van der Waals surface area (Å²) in [6, 6.07) is 7.75. The molecule has 1 rings (SSSR count). The van der Waals surface area contributed by atoms with Crippen molar-refractivity contribution in [3.05, 3.63) is 35.9 Å². The molecular formula is C17H26N2O4S. The second kappa shape index (κ2) is 11.1. The van der Waals surface area contributed by atoms with Crippen LogP contribution in [0, 0.1) is 0 Å². The van der Waals surface area contributed by atoms with Gasteiger partial charge in [0, 0.05) is 6.04 Å². The number of esters is 1. The molecule has 0 fully saturated rings. The van der Waals surface area contributed by atoms with Crippen LogP contribution in [-0.4, -0.2) is 46.7 Å².